The highest BCUT2D eigenvalue weighted by molar-refractivity contribution is 5.80. The summed E-state index contributed by atoms with van der Waals surface area (Å²) >= 11 is 0. The zero-order valence-electron chi connectivity index (χ0n) is 13.6. The number of ether oxygens (including phenoxy) is 1. The normalized spacial score (nSPS) is 13.6. The van der Waals surface area contributed by atoms with E-state index >= 15 is 0 Å². The molecule has 0 spiro atoms. The lowest BCUT2D eigenvalue weighted by Crippen LogP contribution is -2.41. The smallest absolute Gasteiger partial charge is 0.422 e. The van der Waals surface area contributed by atoms with Crippen molar-refractivity contribution in [1.29, 1.82) is 0 Å². The Hall–Kier alpha value is -1.99. The molecule has 130 valence electrons. The minimum atomic E-state index is -4.37. The Morgan fingerprint density at radius 3 is 2.61 bits per heavy atom. The van der Waals surface area contributed by atoms with Gasteiger partial charge < -0.3 is 15.4 Å². The predicted octanol–water partition coefficient (Wildman–Crippen LogP) is 2.88. The quantitative estimate of drug-likeness (QED) is 0.595. The Labute approximate surface area is 134 Å². The molecule has 1 aromatic heterocycles. The van der Waals surface area contributed by atoms with Crippen LogP contribution in [0.15, 0.2) is 23.3 Å². The maximum Gasteiger partial charge on any atom is 0.422 e. The van der Waals surface area contributed by atoms with Crippen LogP contribution in [0, 0.1) is 0 Å². The van der Waals surface area contributed by atoms with Crippen LogP contribution < -0.4 is 15.4 Å². The molecule has 0 aliphatic carbocycles. The van der Waals surface area contributed by atoms with Gasteiger partial charge in [0.1, 0.15) is 0 Å². The summed E-state index contributed by atoms with van der Waals surface area (Å²) < 4.78 is 40.7. The van der Waals surface area contributed by atoms with E-state index < -0.39 is 12.8 Å². The van der Waals surface area contributed by atoms with Gasteiger partial charge in [0.25, 0.3) is 0 Å². The van der Waals surface area contributed by atoms with Gasteiger partial charge in [-0.1, -0.05) is 13.0 Å². The average Bonchev–Trinajstić information content (AvgIpc) is 2.51. The molecule has 0 radical (unpaired) electrons. The molecule has 1 atom stereocenters. The SMILES string of the molecule is CCNC(=NCc1ccc(OCC(F)(F)F)nc1)NC(C)CC. The van der Waals surface area contributed by atoms with Crippen LogP contribution in [0.5, 0.6) is 5.88 Å². The molecule has 8 heteroatoms. The summed E-state index contributed by atoms with van der Waals surface area (Å²) in [5, 5.41) is 6.39. The Kier molecular flexibility index (Phi) is 7.64. The van der Waals surface area contributed by atoms with Crippen molar-refractivity contribution in [2.75, 3.05) is 13.2 Å². The zero-order valence-corrected chi connectivity index (χ0v) is 13.6. The molecule has 0 amide bonds. The molecule has 0 aliphatic heterocycles. The minimum absolute atomic E-state index is 0.0558. The van der Waals surface area contributed by atoms with Gasteiger partial charge in [-0.25, -0.2) is 9.98 Å². The summed E-state index contributed by atoms with van der Waals surface area (Å²) in [6.45, 7) is 5.87. The number of nitrogens with zero attached hydrogens (tertiary/aromatic N) is 2. The number of aliphatic imine (C=N–C) groups is 1. The second-order valence-electron chi connectivity index (χ2n) is 5.06. The van der Waals surface area contributed by atoms with Gasteiger partial charge in [0, 0.05) is 24.8 Å². The number of aromatic nitrogens is 1. The number of nitrogens with one attached hydrogen (secondary N) is 2. The summed E-state index contributed by atoms with van der Waals surface area (Å²) in [5.41, 5.74) is 0.783. The van der Waals surface area contributed by atoms with Crippen molar-refractivity contribution >= 4 is 5.96 Å². The molecule has 1 unspecified atom stereocenters. The van der Waals surface area contributed by atoms with Crippen molar-refractivity contribution in [2.45, 2.75) is 46.0 Å². The van der Waals surface area contributed by atoms with E-state index in [2.05, 4.69) is 39.2 Å². The first kappa shape index (κ1) is 19.1. The first-order valence-corrected chi connectivity index (χ1v) is 7.53. The predicted molar refractivity (Wildman–Crippen MR) is 83.5 cm³/mol. The van der Waals surface area contributed by atoms with Crippen molar-refractivity contribution in [1.82, 2.24) is 15.6 Å². The van der Waals surface area contributed by atoms with Gasteiger partial charge in [0.15, 0.2) is 12.6 Å². The molecular formula is C15H23F3N4O. The van der Waals surface area contributed by atoms with Crippen LogP contribution in [0.1, 0.15) is 32.8 Å². The highest BCUT2D eigenvalue weighted by Crippen LogP contribution is 2.17. The minimum Gasteiger partial charge on any atom is -0.468 e. The fraction of sp³-hybridized carbons (Fsp3) is 0.600. The summed E-state index contributed by atoms with van der Waals surface area (Å²) in [7, 11) is 0. The topological polar surface area (TPSA) is 58.5 Å². The lowest BCUT2D eigenvalue weighted by Gasteiger charge is -2.16. The van der Waals surface area contributed by atoms with E-state index in [1.165, 1.54) is 12.3 Å². The Bertz CT molecular complexity index is 488. The summed E-state index contributed by atoms with van der Waals surface area (Å²) in [6, 6.07) is 3.35. The van der Waals surface area contributed by atoms with E-state index in [0.717, 1.165) is 18.5 Å². The van der Waals surface area contributed by atoms with E-state index in [-0.39, 0.29) is 5.88 Å². The Balaban J connectivity index is 2.59. The summed E-state index contributed by atoms with van der Waals surface area (Å²) in [5.74, 6) is 0.638. The molecule has 23 heavy (non-hydrogen) atoms. The van der Waals surface area contributed by atoms with Crippen LogP contribution >= 0.6 is 0 Å². The molecule has 1 rings (SSSR count). The average molecular weight is 332 g/mol. The summed E-state index contributed by atoms with van der Waals surface area (Å²) in [6.07, 6.45) is -1.94. The van der Waals surface area contributed by atoms with E-state index in [4.69, 9.17) is 0 Å². The second kappa shape index (κ2) is 9.22. The van der Waals surface area contributed by atoms with Crippen LogP contribution in [0.2, 0.25) is 0 Å². The molecule has 0 saturated carbocycles. The van der Waals surface area contributed by atoms with E-state index in [1.54, 1.807) is 6.07 Å². The maximum atomic E-state index is 12.1. The van der Waals surface area contributed by atoms with E-state index in [9.17, 15) is 13.2 Å². The lowest BCUT2D eigenvalue weighted by molar-refractivity contribution is -0.154. The number of rotatable bonds is 7. The lowest BCUT2D eigenvalue weighted by atomic mass is 10.3. The van der Waals surface area contributed by atoms with Gasteiger partial charge in [-0.2, -0.15) is 13.2 Å². The molecular weight excluding hydrogens is 309 g/mol. The molecule has 5 nitrogen and oxygen atoms in total. The first-order chi connectivity index (χ1) is 10.8. The highest BCUT2D eigenvalue weighted by atomic mass is 19.4. The number of alkyl halides is 3. The van der Waals surface area contributed by atoms with Crippen molar-refractivity contribution in [3.8, 4) is 5.88 Å². The number of hydrogen-bond acceptors (Lipinski definition) is 3. The Morgan fingerprint density at radius 2 is 2.09 bits per heavy atom. The van der Waals surface area contributed by atoms with Crippen LogP contribution in [0.4, 0.5) is 13.2 Å². The third kappa shape index (κ3) is 8.27. The summed E-state index contributed by atoms with van der Waals surface area (Å²) in [4.78, 5) is 8.27. The molecule has 0 fully saturated rings. The number of halogens is 3. The van der Waals surface area contributed by atoms with Gasteiger partial charge in [0.2, 0.25) is 5.88 Å². The van der Waals surface area contributed by atoms with Crippen LogP contribution in [0.3, 0.4) is 0 Å². The molecule has 1 aromatic rings. The Morgan fingerprint density at radius 1 is 1.35 bits per heavy atom. The third-order valence-corrected chi connectivity index (χ3v) is 2.94. The van der Waals surface area contributed by atoms with Gasteiger partial charge in [-0.3, -0.25) is 0 Å². The number of guanidine groups is 1. The van der Waals surface area contributed by atoms with E-state index in [1.807, 2.05) is 6.92 Å². The van der Waals surface area contributed by atoms with Gasteiger partial charge in [0.05, 0.1) is 6.54 Å². The highest BCUT2D eigenvalue weighted by Gasteiger charge is 2.28. The van der Waals surface area contributed by atoms with Gasteiger partial charge in [-0.15, -0.1) is 0 Å². The zero-order chi connectivity index (χ0) is 17.3. The van der Waals surface area contributed by atoms with Crippen molar-refractivity contribution in [3.63, 3.8) is 0 Å². The van der Waals surface area contributed by atoms with Crippen LogP contribution in [-0.2, 0) is 6.54 Å². The van der Waals surface area contributed by atoms with Crippen molar-refractivity contribution < 1.29 is 17.9 Å². The van der Waals surface area contributed by atoms with Crippen molar-refractivity contribution in [2.24, 2.45) is 4.99 Å². The standard InChI is InChI=1S/C15H23F3N4O/c1-4-11(3)22-14(19-5-2)21-9-12-6-7-13(20-8-12)23-10-15(16,17)18/h6-8,11H,4-5,9-10H2,1-3H3,(H2,19,21,22). The molecule has 0 bridgehead atoms. The van der Waals surface area contributed by atoms with Crippen molar-refractivity contribution in [3.05, 3.63) is 23.9 Å². The fourth-order valence-electron chi connectivity index (χ4n) is 1.57. The monoisotopic (exact) mass is 332 g/mol. The largest absolute Gasteiger partial charge is 0.468 e. The fourth-order valence-corrected chi connectivity index (χ4v) is 1.57. The van der Waals surface area contributed by atoms with Gasteiger partial charge in [-0.05, 0) is 25.8 Å². The second-order valence-corrected chi connectivity index (χ2v) is 5.06. The molecule has 0 aliphatic rings. The van der Waals surface area contributed by atoms with Crippen LogP contribution in [0.25, 0.3) is 0 Å². The first-order valence-electron chi connectivity index (χ1n) is 7.53. The molecule has 0 aromatic carbocycles. The molecule has 1 heterocycles. The van der Waals surface area contributed by atoms with E-state index in [0.29, 0.717) is 18.5 Å². The third-order valence-electron chi connectivity index (χ3n) is 2.94. The molecule has 2 N–H and O–H groups in total. The number of pyridine rings is 1. The molecule has 0 saturated heterocycles. The van der Waals surface area contributed by atoms with Crippen LogP contribution in [-0.4, -0.2) is 36.3 Å². The van der Waals surface area contributed by atoms with Gasteiger partial charge >= 0.3 is 6.18 Å². The number of hydrogen-bond donors (Lipinski definition) is 2. The maximum absolute atomic E-state index is 12.1.